The van der Waals surface area contributed by atoms with Gasteiger partial charge in [0.1, 0.15) is 10.3 Å². The Kier molecular flexibility index (Phi) is 5.42. The maximum Gasteiger partial charge on any atom is 0.253 e. The van der Waals surface area contributed by atoms with Gasteiger partial charge in [-0.2, -0.15) is 4.31 Å². The van der Waals surface area contributed by atoms with E-state index in [4.69, 9.17) is 0 Å². The molecule has 27 heavy (non-hydrogen) atoms. The summed E-state index contributed by atoms with van der Waals surface area (Å²) in [7, 11) is -3.66. The van der Waals surface area contributed by atoms with Crippen molar-refractivity contribution >= 4 is 55.1 Å². The zero-order valence-electron chi connectivity index (χ0n) is 14.2. The maximum absolute atomic E-state index is 12.9. The van der Waals surface area contributed by atoms with E-state index in [1.165, 1.54) is 27.0 Å². The SMILES string of the molecule is O=C(Nc1nc(-c2cccs2)cs1)[C@H]1CCCCN1S(=O)(=O)c1cccs1. The normalized spacial score (nSPS) is 18.4. The second-order valence-corrected chi connectivity index (χ2v) is 10.9. The lowest BCUT2D eigenvalue weighted by Gasteiger charge is -2.32. The summed E-state index contributed by atoms with van der Waals surface area (Å²) >= 11 is 4.10. The summed E-state index contributed by atoms with van der Waals surface area (Å²) in [4.78, 5) is 18.3. The first-order chi connectivity index (χ1) is 13.1. The molecule has 6 nitrogen and oxygen atoms in total. The Labute approximate surface area is 169 Å². The van der Waals surface area contributed by atoms with E-state index in [1.807, 2.05) is 22.9 Å². The minimum atomic E-state index is -3.66. The number of sulfonamides is 1. The van der Waals surface area contributed by atoms with Crippen molar-refractivity contribution in [3.8, 4) is 10.6 Å². The van der Waals surface area contributed by atoms with Crippen LogP contribution in [0.4, 0.5) is 5.13 Å². The van der Waals surface area contributed by atoms with Crippen molar-refractivity contribution in [1.29, 1.82) is 0 Å². The van der Waals surface area contributed by atoms with E-state index >= 15 is 0 Å². The number of piperidine rings is 1. The molecule has 142 valence electrons. The molecule has 0 saturated carbocycles. The number of amides is 1. The fourth-order valence-corrected chi connectivity index (χ4v) is 7.29. The van der Waals surface area contributed by atoms with E-state index in [9.17, 15) is 13.2 Å². The molecule has 0 bridgehead atoms. The van der Waals surface area contributed by atoms with Gasteiger partial charge < -0.3 is 5.32 Å². The molecule has 0 unspecified atom stereocenters. The van der Waals surface area contributed by atoms with Crippen LogP contribution in [0.3, 0.4) is 0 Å². The second-order valence-electron chi connectivity index (χ2n) is 6.06. The smallest absolute Gasteiger partial charge is 0.253 e. The topological polar surface area (TPSA) is 79.4 Å². The van der Waals surface area contributed by atoms with Crippen LogP contribution in [0.25, 0.3) is 10.6 Å². The Balaban J connectivity index is 1.53. The number of carbonyl (C=O) groups excluding carboxylic acids is 1. The predicted molar refractivity (Wildman–Crippen MR) is 110 cm³/mol. The number of hydrogen-bond acceptors (Lipinski definition) is 7. The third-order valence-electron chi connectivity index (χ3n) is 4.32. The van der Waals surface area contributed by atoms with Crippen molar-refractivity contribution in [2.45, 2.75) is 29.5 Å². The first-order valence-corrected chi connectivity index (χ1v) is 12.5. The summed E-state index contributed by atoms with van der Waals surface area (Å²) in [6.07, 6.45) is 2.10. The number of aromatic nitrogens is 1. The van der Waals surface area contributed by atoms with E-state index in [0.29, 0.717) is 18.1 Å². The van der Waals surface area contributed by atoms with Crippen LogP contribution >= 0.6 is 34.0 Å². The molecular formula is C17H17N3O3S4. The summed E-state index contributed by atoms with van der Waals surface area (Å²) in [6, 6.07) is 6.50. The highest BCUT2D eigenvalue weighted by atomic mass is 32.2. The van der Waals surface area contributed by atoms with Crippen LogP contribution in [-0.4, -0.2) is 36.2 Å². The number of rotatable bonds is 5. The first kappa shape index (κ1) is 18.8. The zero-order chi connectivity index (χ0) is 18.9. The van der Waals surface area contributed by atoms with Gasteiger partial charge in [0.25, 0.3) is 10.0 Å². The molecule has 0 aliphatic carbocycles. The largest absolute Gasteiger partial charge is 0.301 e. The Morgan fingerprint density at radius 3 is 2.70 bits per heavy atom. The molecule has 10 heteroatoms. The number of anilines is 1. The lowest BCUT2D eigenvalue weighted by atomic mass is 10.0. The minimum Gasteiger partial charge on any atom is -0.301 e. The third kappa shape index (κ3) is 3.85. The standard InChI is InChI=1S/C17H17N3O3S4/c21-16(19-17-18-12(11-26-17)14-6-3-9-24-14)13-5-1-2-8-20(13)27(22,23)15-7-4-10-25-15/h3-4,6-7,9-11,13H,1-2,5,8H2,(H,18,19,21)/t13-/m1/s1. The van der Waals surface area contributed by atoms with Crippen LogP contribution in [-0.2, 0) is 14.8 Å². The average Bonchev–Trinajstić information content (AvgIpc) is 3.42. The van der Waals surface area contributed by atoms with Crippen molar-refractivity contribution in [2.24, 2.45) is 0 Å². The lowest BCUT2D eigenvalue weighted by molar-refractivity contribution is -0.120. The van der Waals surface area contributed by atoms with E-state index < -0.39 is 16.1 Å². The van der Waals surface area contributed by atoms with Crippen LogP contribution in [0.2, 0.25) is 0 Å². The van der Waals surface area contributed by atoms with Crippen LogP contribution in [0.1, 0.15) is 19.3 Å². The van der Waals surface area contributed by atoms with E-state index in [0.717, 1.165) is 23.4 Å². The quantitative estimate of drug-likeness (QED) is 0.649. The number of carbonyl (C=O) groups is 1. The molecule has 3 aromatic heterocycles. The molecule has 1 atom stereocenters. The van der Waals surface area contributed by atoms with Crippen molar-refractivity contribution in [3.05, 3.63) is 40.4 Å². The molecule has 3 aromatic rings. The lowest BCUT2D eigenvalue weighted by Crippen LogP contribution is -2.49. The van der Waals surface area contributed by atoms with Gasteiger partial charge in [0.2, 0.25) is 5.91 Å². The number of hydrogen-bond donors (Lipinski definition) is 1. The van der Waals surface area contributed by atoms with Crippen LogP contribution in [0.5, 0.6) is 0 Å². The average molecular weight is 440 g/mol. The van der Waals surface area contributed by atoms with Gasteiger partial charge in [0, 0.05) is 11.9 Å². The monoisotopic (exact) mass is 439 g/mol. The fraction of sp³-hybridized carbons (Fsp3) is 0.294. The molecule has 1 aliphatic rings. The molecule has 1 saturated heterocycles. The molecule has 4 rings (SSSR count). The summed E-state index contributed by atoms with van der Waals surface area (Å²) < 4.78 is 27.5. The van der Waals surface area contributed by atoms with Crippen molar-refractivity contribution in [3.63, 3.8) is 0 Å². The Morgan fingerprint density at radius 2 is 1.96 bits per heavy atom. The molecule has 0 radical (unpaired) electrons. The highest BCUT2D eigenvalue weighted by molar-refractivity contribution is 7.91. The summed E-state index contributed by atoms with van der Waals surface area (Å²) in [5.41, 5.74) is 0.817. The number of nitrogens with zero attached hydrogens (tertiary/aromatic N) is 2. The number of nitrogens with one attached hydrogen (secondary N) is 1. The molecular weight excluding hydrogens is 422 g/mol. The van der Waals surface area contributed by atoms with Gasteiger partial charge in [-0.05, 0) is 35.7 Å². The molecule has 1 fully saturated rings. The molecule has 1 aliphatic heterocycles. The van der Waals surface area contributed by atoms with Crippen LogP contribution in [0.15, 0.2) is 44.6 Å². The molecule has 0 aromatic carbocycles. The Hall–Kier alpha value is -1.59. The first-order valence-electron chi connectivity index (χ1n) is 8.41. The van der Waals surface area contributed by atoms with Crippen LogP contribution < -0.4 is 5.32 Å². The van der Waals surface area contributed by atoms with Gasteiger partial charge in [0.15, 0.2) is 5.13 Å². The van der Waals surface area contributed by atoms with Gasteiger partial charge >= 0.3 is 0 Å². The van der Waals surface area contributed by atoms with E-state index in [-0.39, 0.29) is 10.1 Å². The van der Waals surface area contributed by atoms with Crippen molar-refractivity contribution in [1.82, 2.24) is 9.29 Å². The van der Waals surface area contributed by atoms with E-state index in [1.54, 1.807) is 28.8 Å². The third-order valence-corrected chi connectivity index (χ3v) is 9.25. The van der Waals surface area contributed by atoms with Crippen molar-refractivity contribution in [2.75, 3.05) is 11.9 Å². The predicted octanol–water partition coefficient (Wildman–Crippen LogP) is 4.12. The van der Waals surface area contributed by atoms with Crippen LogP contribution in [0, 0.1) is 0 Å². The minimum absolute atomic E-state index is 0.274. The van der Waals surface area contributed by atoms with Gasteiger partial charge in [-0.25, -0.2) is 13.4 Å². The zero-order valence-corrected chi connectivity index (χ0v) is 17.5. The highest BCUT2D eigenvalue weighted by Crippen LogP contribution is 2.31. The van der Waals surface area contributed by atoms with Crippen molar-refractivity contribution < 1.29 is 13.2 Å². The fourth-order valence-electron chi connectivity index (χ4n) is 3.04. The molecule has 1 amide bonds. The summed E-state index contributed by atoms with van der Waals surface area (Å²) in [5.74, 6) is -0.318. The molecule has 1 N–H and O–H groups in total. The van der Waals surface area contributed by atoms with Gasteiger partial charge in [0.05, 0.1) is 10.6 Å². The second kappa shape index (κ2) is 7.80. The summed E-state index contributed by atoms with van der Waals surface area (Å²) in [6.45, 7) is 0.358. The van der Waals surface area contributed by atoms with Gasteiger partial charge in [-0.15, -0.1) is 34.0 Å². The van der Waals surface area contributed by atoms with Gasteiger partial charge in [-0.3, -0.25) is 4.79 Å². The molecule has 4 heterocycles. The Bertz CT molecular complexity index is 1010. The number of thiophene rings is 2. The summed E-state index contributed by atoms with van der Waals surface area (Å²) in [5, 5.41) is 8.90. The highest BCUT2D eigenvalue weighted by Gasteiger charge is 2.38. The number of thiazole rings is 1. The Morgan fingerprint density at radius 1 is 1.15 bits per heavy atom. The molecule has 0 spiro atoms. The maximum atomic E-state index is 12.9. The van der Waals surface area contributed by atoms with E-state index in [2.05, 4.69) is 10.3 Å². The van der Waals surface area contributed by atoms with Gasteiger partial charge in [-0.1, -0.05) is 18.6 Å².